The van der Waals surface area contributed by atoms with Crippen LogP contribution in [0.25, 0.3) is 0 Å². The standard InChI is InChI=1S/C18H31NO3Si/c1-18(2,3)23(4,5)22-11-7-9-15-16(20)13-21-17(15)14-8-6-10-19-12-14/h6,8,10,12,15-17,20H,7,9,11,13H2,1-5H3/t15-,16-,17+/m1/s1. The molecule has 1 N–H and O–H groups in total. The highest BCUT2D eigenvalue weighted by molar-refractivity contribution is 6.74. The number of hydrogen-bond donors (Lipinski definition) is 1. The molecule has 4 nitrogen and oxygen atoms in total. The van der Waals surface area contributed by atoms with E-state index in [1.165, 1.54) is 0 Å². The zero-order chi connectivity index (χ0) is 17.1. The molecule has 0 radical (unpaired) electrons. The molecule has 2 rings (SSSR count). The minimum absolute atomic E-state index is 0.0495. The predicted octanol–water partition coefficient (Wildman–Crippen LogP) is 3.93. The molecule has 1 aromatic rings. The van der Waals surface area contributed by atoms with Crippen molar-refractivity contribution in [3.63, 3.8) is 0 Å². The molecular formula is C18H31NO3Si. The number of pyridine rings is 1. The maximum atomic E-state index is 10.2. The van der Waals surface area contributed by atoms with E-state index in [4.69, 9.17) is 9.16 Å². The van der Waals surface area contributed by atoms with Gasteiger partial charge >= 0.3 is 0 Å². The fraction of sp³-hybridized carbons (Fsp3) is 0.722. The fourth-order valence-electron chi connectivity index (χ4n) is 2.75. The average Bonchev–Trinajstić information content (AvgIpc) is 2.84. The lowest BCUT2D eigenvalue weighted by Gasteiger charge is -2.36. The molecule has 0 aromatic carbocycles. The zero-order valence-electron chi connectivity index (χ0n) is 15.1. The molecule has 1 aliphatic heterocycles. The average molecular weight is 338 g/mol. The Balaban J connectivity index is 1.86. The smallest absolute Gasteiger partial charge is 0.191 e. The molecule has 0 unspecified atom stereocenters. The molecule has 0 spiro atoms. The molecule has 1 aromatic heterocycles. The highest BCUT2D eigenvalue weighted by Crippen LogP contribution is 2.39. The molecule has 1 saturated heterocycles. The van der Waals surface area contributed by atoms with Crippen LogP contribution in [0.2, 0.25) is 18.1 Å². The fourth-order valence-corrected chi connectivity index (χ4v) is 3.83. The Morgan fingerprint density at radius 1 is 1.39 bits per heavy atom. The molecule has 0 amide bonds. The van der Waals surface area contributed by atoms with Crippen molar-refractivity contribution >= 4 is 8.32 Å². The SMILES string of the molecule is CC(C)(C)[Si](C)(C)OCCC[C@@H]1[C@H](O)CO[C@H]1c1cccnc1. The number of rotatable bonds is 6. The lowest BCUT2D eigenvalue weighted by atomic mass is 9.90. The molecule has 0 aliphatic carbocycles. The van der Waals surface area contributed by atoms with Crippen molar-refractivity contribution < 1.29 is 14.3 Å². The van der Waals surface area contributed by atoms with Gasteiger partial charge in [-0.25, -0.2) is 0 Å². The summed E-state index contributed by atoms with van der Waals surface area (Å²) in [5.41, 5.74) is 1.05. The molecule has 1 aliphatic rings. The van der Waals surface area contributed by atoms with E-state index in [1.807, 2.05) is 18.3 Å². The van der Waals surface area contributed by atoms with Gasteiger partial charge in [-0.05, 0) is 42.6 Å². The second-order valence-corrected chi connectivity index (χ2v) is 12.8. The zero-order valence-corrected chi connectivity index (χ0v) is 16.1. The van der Waals surface area contributed by atoms with E-state index in [1.54, 1.807) is 6.20 Å². The van der Waals surface area contributed by atoms with Crippen LogP contribution < -0.4 is 0 Å². The van der Waals surface area contributed by atoms with Gasteiger partial charge in [0.05, 0.1) is 18.8 Å². The number of aromatic nitrogens is 1. The molecule has 5 heteroatoms. The van der Waals surface area contributed by atoms with Gasteiger partial charge in [0, 0.05) is 24.9 Å². The number of nitrogens with zero attached hydrogens (tertiary/aromatic N) is 1. The lowest BCUT2D eigenvalue weighted by molar-refractivity contribution is 0.0840. The number of aliphatic hydroxyl groups excluding tert-OH is 1. The van der Waals surface area contributed by atoms with Crippen molar-refractivity contribution in [2.45, 2.75) is 64.0 Å². The summed E-state index contributed by atoms with van der Waals surface area (Å²) in [6.45, 7) is 12.5. The summed E-state index contributed by atoms with van der Waals surface area (Å²) in [6, 6.07) is 3.94. The number of ether oxygens (including phenoxy) is 1. The molecule has 0 saturated carbocycles. The Hall–Kier alpha value is -0.753. The van der Waals surface area contributed by atoms with Gasteiger partial charge in [0.1, 0.15) is 0 Å². The largest absolute Gasteiger partial charge is 0.417 e. The third-order valence-electron chi connectivity index (χ3n) is 5.29. The Kier molecular flexibility index (Phi) is 6.00. The third kappa shape index (κ3) is 4.63. The topological polar surface area (TPSA) is 51.6 Å². The highest BCUT2D eigenvalue weighted by Gasteiger charge is 2.38. The molecular weight excluding hydrogens is 306 g/mol. The third-order valence-corrected chi connectivity index (χ3v) is 9.83. The number of hydrogen-bond acceptors (Lipinski definition) is 4. The first-order valence-corrected chi connectivity index (χ1v) is 11.5. The van der Waals surface area contributed by atoms with Gasteiger partial charge in [0.25, 0.3) is 0 Å². The van der Waals surface area contributed by atoms with Crippen molar-refractivity contribution in [1.29, 1.82) is 0 Å². The van der Waals surface area contributed by atoms with Crippen LogP contribution in [0.3, 0.4) is 0 Å². The molecule has 130 valence electrons. The van der Waals surface area contributed by atoms with Gasteiger partial charge in [0.2, 0.25) is 0 Å². The highest BCUT2D eigenvalue weighted by atomic mass is 28.4. The maximum absolute atomic E-state index is 10.2. The normalized spacial score (nSPS) is 25.7. The van der Waals surface area contributed by atoms with E-state index in [0.29, 0.717) is 6.61 Å². The molecule has 3 atom stereocenters. The molecule has 23 heavy (non-hydrogen) atoms. The van der Waals surface area contributed by atoms with Crippen LogP contribution in [0.5, 0.6) is 0 Å². The van der Waals surface area contributed by atoms with Crippen molar-refractivity contribution in [2.24, 2.45) is 5.92 Å². The van der Waals surface area contributed by atoms with Crippen LogP contribution in [0.4, 0.5) is 0 Å². The molecule has 2 heterocycles. The Bertz CT molecular complexity index is 487. The summed E-state index contributed by atoms with van der Waals surface area (Å²) in [4.78, 5) is 4.16. The number of aliphatic hydroxyl groups is 1. The van der Waals surface area contributed by atoms with Gasteiger partial charge in [0.15, 0.2) is 8.32 Å². The van der Waals surface area contributed by atoms with Crippen molar-refractivity contribution in [2.75, 3.05) is 13.2 Å². The molecule has 0 bridgehead atoms. The monoisotopic (exact) mass is 337 g/mol. The minimum atomic E-state index is -1.68. The van der Waals surface area contributed by atoms with Crippen LogP contribution in [0.15, 0.2) is 24.5 Å². The van der Waals surface area contributed by atoms with Crippen LogP contribution in [0.1, 0.15) is 45.3 Å². The van der Waals surface area contributed by atoms with Crippen molar-refractivity contribution in [1.82, 2.24) is 4.98 Å². The summed E-state index contributed by atoms with van der Waals surface area (Å²) in [5, 5.41) is 10.5. The predicted molar refractivity (Wildman–Crippen MR) is 94.8 cm³/mol. The first-order valence-electron chi connectivity index (χ1n) is 8.56. The van der Waals surface area contributed by atoms with E-state index in [9.17, 15) is 5.11 Å². The van der Waals surface area contributed by atoms with E-state index < -0.39 is 14.4 Å². The van der Waals surface area contributed by atoms with Gasteiger partial charge in [-0.2, -0.15) is 0 Å². The van der Waals surface area contributed by atoms with Crippen molar-refractivity contribution in [3.8, 4) is 0 Å². The summed E-state index contributed by atoms with van der Waals surface area (Å²) >= 11 is 0. The summed E-state index contributed by atoms with van der Waals surface area (Å²) in [6.07, 6.45) is 5.02. The lowest BCUT2D eigenvalue weighted by Crippen LogP contribution is -2.41. The Labute approximate surface area is 141 Å². The Morgan fingerprint density at radius 3 is 2.74 bits per heavy atom. The quantitative estimate of drug-likeness (QED) is 0.631. The second-order valence-electron chi connectivity index (χ2n) is 8.02. The van der Waals surface area contributed by atoms with Crippen molar-refractivity contribution in [3.05, 3.63) is 30.1 Å². The minimum Gasteiger partial charge on any atom is -0.417 e. The van der Waals surface area contributed by atoms with Gasteiger partial charge < -0.3 is 14.3 Å². The van der Waals surface area contributed by atoms with Crippen LogP contribution in [-0.4, -0.2) is 37.7 Å². The van der Waals surface area contributed by atoms with Gasteiger partial charge in [-0.3, -0.25) is 4.98 Å². The van der Waals surface area contributed by atoms with E-state index >= 15 is 0 Å². The van der Waals surface area contributed by atoms with E-state index in [0.717, 1.165) is 25.0 Å². The van der Waals surface area contributed by atoms with E-state index in [-0.39, 0.29) is 17.1 Å². The molecule has 1 fully saturated rings. The van der Waals surface area contributed by atoms with Gasteiger partial charge in [-0.1, -0.05) is 26.8 Å². The van der Waals surface area contributed by atoms with Gasteiger partial charge in [-0.15, -0.1) is 0 Å². The van der Waals surface area contributed by atoms with Crippen LogP contribution in [-0.2, 0) is 9.16 Å². The second kappa shape index (κ2) is 7.43. The maximum Gasteiger partial charge on any atom is 0.191 e. The Morgan fingerprint density at radius 2 is 2.13 bits per heavy atom. The van der Waals surface area contributed by atoms with Crippen LogP contribution >= 0.6 is 0 Å². The first-order chi connectivity index (χ1) is 10.7. The summed E-state index contributed by atoms with van der Waals surface area (Å²) in [5.74, 6) is 0.127. The summed E-state index contributed by atoms with van der Waals surface area (Å²) in [7, 11) is -1.68. The summed E-state index contributed by atoms with van der Waals surface area (Å²) < 4.78 is 12.0. The first kappa shape index (κ1) is 18.6. The van der Waals surface area contributed by atoms with E-state index in [2.05, 4.69) is 38.8 Å². The van der Waals surface area contributed by atoms with Crippen LogP contribution in [0, 0.1) is 5.92 Å².